The van der Waals surface area contributed by atoms with Crippen molar-refractivity contribution in [1.29, 1.82) is 0 Å². The Morgan fingerprint density at radius 1 is 1.03 bits per heavy atom. The summed E-state index contributed by atoms with van der Waals surface area (Å²) in [5.74, 6) is 0. The van der Waals surface area contributed by atoms with Gasteiger partial charge in [0.1, 0.15) is 0 Å². The molecule has 0 radical (unpaired) electrons. The zero-order valence-electron chi connectivity index (χ0n) is 18.3. The number of aromatic nitrogens is 2. The van der Waals surface area contributed by atoms with Crippen molar-refractivity contribution in [2.75, 3.05) is 11.9 Å². The fourth-order valence-corrected chi connectivity index (χ4v) is 7.18. The van der Waals surface area contributed by atoms with Gasteiger partial charge in [0, 0.05) is 0 Å². The first kappa shape index (κ1) is 21.0. The number of nitrogens with zero attached hydrogens (tertiary/aromatic N) is 3. The van der Waals surface area contributed by atoms with E-state index in [1.807, 2.05) is 13.1 Å². The van der Waals surface area contributed by atoms with Gasteiger partial charge in [-0.3, -0.25) is 0 Å². The average Bonchev–Trinajstić information content (AvgIpc) is 3.29. The molecule has 2 aromatic heterocycles. The summed E-state index contributed by atoms with van der Waals surface area (Å²) in [4.78, 5) is 15.2. The first-order valence-corrected chi connectivity index (χ1v) is 13.1. The Bertz CT molecular complexity index is 1550. The van der Waals surface area contributed by atoms with Gasteiger partial charge < -0.3 is 0 Å². The molecule has 3 heterocycles. The summed E-state index contributed by atoms with van der Waals surface area (Å²) in [6.45, 7) is 3.07. The van der Waals surface area contributed by atoms with Gasteiger partial charge in [0.15, 0.2) is 0 Å². The Hall–Kier alpha value is -2.92. The number of thiazole rings is 1. The third-order valence-corrected chi connectivity index (χ3v) is 9.40. The van der Waals surface area contributed by atoms with Gasteiger partial charge in [0.2, 0.25) is 0 Å². The minimum atomic E-state index is 0.0487. The number of benzene rings is 2. The molecular weight excluding hydrogens is 481 g/mol. The number of fused-ring (bicyclic) bond motifs is 2. The second-order valence-electron chi connectivity index (χ2n) is 7.69. The molecule has 0 saturated heterocycles. The van der Waals surface area contributed by atoms with Gasteiger partial charge in [-0.1, -0.05) is 0 Å². The molecule has 2 aromatic carbocycles. The summed E-state index contributed by atoms with van der Waals surface area (Å²) in [5, 5.41) is 1.19. The molecular formula is C26H24N3OSSe+. The van der Waals surface area contributed by atoms with E-state index in [9.17, 15) is 4.79 Å². The van der Waals surface area contributed by atoms with Crippen molar-refractivity contribution in [3.05, 3.63) is 96.6 Å². The number of rotatable bonds is 3. The van der Waals surface area contributed by atoms with Crippen molar-refractivity contribution in [3.8, 4) is 0 Å². The van der Waals surface area contributed by atoms with Crippen LogP contribution in [-0.2, 0) is 13.6 Å². The minimum absolute atomic E-state index is 0.0487. The standard InChI is InChI=1S/C26H24N3OSSe/c1-4-29-16-15-18(19-9-5-6-10-20(19)29)17-24-28(3)26(30)22(31-24)13-14-25-27(2)21-11-7-8-12-23(21)32-25/h5-17H,4H2,1-3H3/q+1. The van der Waals surface area contributed by atoms with Gasteiger partial charge in [0.25, 0.3) is 0 Å². The van der Waals surface area contributed by atoms with E-state index >= 15 is 0 Å². The van der Waals surface area contributed by atoms with Crippen molar-refractivity contribution in [2.24, 2.45) is 7.05 Å². The van der Waals surface area contributed by atoms with E-state index in [1.165, 1.54) is 25.6 Å². The summed E-state index contributed by atoms with van der Waals surface area (Å²) in [6, 6.07) is 19.1. The van der Waals surface area contributed by atoms with E-state index < -0.39 is 0 Å². The van der Waals surface area contributed by atoms with Crippen molar-refractivity contribution in [3.63, 3.8) is 0 Å². The summed E-state index contributed by atoms with van der Waals surface area (Å²) in [5.41, 5.74) is 3.64. The molecule has 1 aliphatic heterocycles. The van der Waals surface area contributed by atoms with Crippen LogP contribution >= 0.6 is 11.3 Å². The van der Waals surface area contributed by atoms with Crippen LogP contribution in [0.3, 0.4) is 0 Å². The number of anilines is 1. The second-order valence-corrected chi connectivity index (χ2v) is 11.0. The van der Waals surface area contributed by atoms with Crippen LogP contribution in [0.1, 0.15) is 12.5 Å². The fraction of sp³-hybridized carbons (Fsp3) is 0.154. The molecule has 160 valence electrons. The number of allylic oxidation sites excluding steroid dienone is 1. The Kier molecular flexibility index (Phi) is 5.60. The van der Waals surface area contributed by atoms with E-state index in [0.717, 1.165) is 21.3 Å². The Morgan fingerprint density at radius 3 is 2.62 bits per heavy atom. The molecule has 4 aromatic rings. The van der Waals surface area contributed by atoms with Gasteiger partial charge in [-0.15, -0.1) is 0 Å². The van der Waals surface area contributed by atoms with Crippen LogP contribution in [0.5, 0.6) is 0 Å². The Balaban J connectivity index is 1.58. The monoisotopic (exact) mass is 506 g/mol. The topological polar surface area (TPSA) is 29.1 Å². The molecule has 0 unspecified atom stereocenters. The second kappa shape index (κ2) is 8.55. The number of hydrogen-bond donors (Lipinski definition) is 0. The first-order valence-electron chi connectivity index (χ1n) is 10.6. The van der Waals surface area contributed by atoms with E-state index in [4.69, 9.17) is 0 Å². The molecule has 5 rings (SSSR count). The number of para-hydroxylation sites is 2. The maximum absolute atomic E-state index is 12.9. The van der Waals surface area contributed by atoms with Crippen LogP contribution < -0.4 is 28.7 Å². The molecule has 0 amide bonds. The zero-order valence-corrected chi connectivity index (χ0v) is 20.8. The van der Waals surface area contributed by atoms with Gasteiger partial charge in [-0.25, -0.2) is 0 Å². The third-order valence-electron chi connectivity index (χ3n) is 5.79. The Labute approximate surface area is 197 Å². The predicted octanol–water partition coefficient (Wildman–Crippen LogP) is 1.84. The van der Waals surface area contributed by atoms with E-state index in [2.05, 4.69) is 96.4 Å². The van der Waals surface area contributed by atoms with Gasteiger partial charge >= 0.3 is 191 Å². The normalized spacial score (nSPS) is 15.8. The quantitative estimate of drug-likeness (QED) is 0.314. The molecule has 0 N–H and O–H groups in total. The van der Waals surface area contributed by atoms with Crippen LogP contribution in [0.2, 0.25) is 0 Å². The molecule has 1 aliphatic rings. The zero-order chi connectivity index (χ0) is 22.2. The molecule has 0 aliphatic carbocycles. The van der Waals surface area contributed by atoms with Gasteiger partial charge in [-0.2, -0.15) is 0 Å². The first-order chi connectivity index (χ1) is 15.6. The van der Waals surface area contributed by atoms with E-state index in [-0.39, 0.29) is 20.5 Å². The fourth-order valence-electron chi connectivity index (χ4n) is 3.98. The van der Waals surface area contributed by atoms with Crippen LogP contribution in [0, 0.1) is 0 Å². The maximum atomic E-state index is 12.9. The van der Waals surface area contributed by atoms with Crippen LogP contribution in [-0.4, -0.2) is 26.6 Å². The SMILES string of the molecule is CC[n+]1ccc(C=c2sc(=CC=C3[Se]c4ccccc4N3C)c(=O)n2C)c2ccccc21. The van der Waals surface area contributed by atoms with Crippen molar-refractivity contribution in [1.82, 2.24) is 4.57 Å². The predicted molar refractivity (Wildman–Crippen MR) is 135 cm³/mol. The van der Waals surface area contributed by atoms with Gasteiger partial charge in [0.05, 0.1) is 0 Å². The van der Waals surface area contributed by atoms with Crippen molar-refractivity contribution in [2.45, 2.75) is 13.5 Å². The van der Waals surface area contributed by atoms with Crippen LogP contribution in [0.15, 0.2) is 76.3 Å². The summed E-state index contributed by atoms with van der Waals surface area (Å²) < 4.78 is 8.35. The molecule has 0 atom stereocenters. The molecule has 6 heteroatoms. The molecule has 0 spiro atoms. The molecule has 0 bridgehead atoms. The van der Waals surface area contributed by atoms with Crippen LogP contribution in [0.25, 0.3) is 23.1 Å². The third kappa shape index (κ3) is 3.65. The van der Waals surface area contributed by atoms with E-state index in [0.29, 0.717) is 0 Å². The number of hydrogen-bond acceptors (Lipinski definition) is 3. The Morgan fingerprint density at radius 2 is 1.81 bits per heavy atom. The molecule has 0 fully saturated rings. The molecule has 32 heavy (non-hydrogen) atoms. The number of aryl methyl sites for hydroxylation is 1. The molecule has 4 nitrogen and oxygen atoms in total. The number of pyridine rings is 1. The average molecular weight is 506 g/mol. The molecule has 0 saturated carbocycles. The van der Waals surface area contributed by atoms with E-state index in [1.54, 1.807) is 15.9 Å². The summed E-state index contributed by atoms with van der Waals surface area (Å²) in [7, 11) is 3.95. The van der Waals surface area contributed by atoms with Gasteiger partial charge in [-0.05, 0) is 6.92 Å². The summed E-state index contributed by atoms with van der Waals surface area (Å²) in [6.07, 6.45) is 8.34. The van der Waals surface area contributed by atoms with Crippen LogP contribution in [0.4, 0.5) is 5.69 Å². The summed E-state index contributed by atoms with van der Waals surface area (Å²) >= 11 is 1.81. The van der Waals surface area contributed by atoms with Crippen molar-refractivity contribution >= 4 is 59.5 Å². The van der Waals surface area contributed by atoms with Crippen molar-refractivity contribution < 1.29 is 4.57 Å².